The highest BCUT2D eigenvalue weighted by Crippen LogP contribution is 2.12. The molecule has 0 amide bonds. The van der Waals surface area contributed by atoms with Gasteiger partial charge in [0.1, 0.15) is 5.82 Å². The van der Waals surface area contributed by atoms with Crippen LogP contribution in [-0.4, -0.2) is 38.8 Å². The molecule has 1 unspecified atom stereocenters. The molecule has 0 radical (unpaired) electrons. The van der Waals surface area contributed by atoms with E-state index >= 15 is 0 Å². The molecule has 0 aliphatic rings. The molecule has 1 aromatic rings. The van der Waals surface area contributed by atoms with Crippen molar-refractivity contribution >= 4 is 11.5 Å². The minimum atomic E-state index is 0.294. The number of ether oxygens (including phenoxy) is 1. The second kappa shape index (κ2) is 5.56. The van der Waals surface area contributed by atoms with Crippen LogP contribution in [0.1, 0.15) is 6.92 Å². The summed E-state index contributed by atoms with van der Waals surface area (Å²) in [4.78, 5) is 6.29. The second-order valence-corrected chi connectivity index (χ2v) is 3.80. The second-order valence-electron chi connectivity index (χ2n) is 3.80. The largest absolute Gasteiger partial charge is 0.383 e. The molecule has 1 heterocycles. The van der Waals surface area contributed by atoms with Gasteiger partial charge in [0.05, 0.1) is 18.5 Å². The highest BCUT2D eigenvalue weighted by atomic mass is 16.5. The lowest BCUT2D eigenvalue weighted by Gasteiger charge is -2.15. The van der Waals surface area contributed by atoms with Crippen LogP contribution in [0.15, 0.2) is 18.3 Å². The van der Waals surface area contributed by atoms with Crippen LogP contribution in [0.5, 0.6) is 0 Å². The molecular formula is C11H19N3O. The summed E-state index contributed by atoms with van der Waals surface area (Å²) in [7, 11) is 5.65. The minimum absolute atomic E-state index is 0.294. The van der Waals surface area contributed by atoms with Gasteiger partial charge in [-0.15, -0.1) is 0 Å². The molecule has 4 nitrogen and oxygen atoms in total. The zero-order valence-corrected chi connectivity index (χ0v) is 9.82. The van der Waals surface area contributed by atoms with Crippen LogP contribution in [0.4, 0.5) is 11.5 Å². The van der Waals surface area contributed by atoms with Crippen LogP contribution in [0.25, 0.3) is 0 Å². The van der Waals surface area contributed by atoms with E-state index in [1.54, 1.807) is 7.11 Å². The average Bonchev–Trinajstić information content (AvgIpc) is 2.18. The van der Waals surface area contributed by atoms with Gasteiger partial charge in [0.25, 0.3) is 0 Å². The van der Waals surface area contributed by atoms with Gasteiger partial charge in [-0.1, -0.05) is 0 Å². The van der Waals surface area contributed by atoms with E-state index in [2.05, 4.69) is 17.2 Å². The van der Waals surface area contributed by atoms with E-state index in [1.165, 1.54) is 0 Å². The lowest BCUT2D eigenvalue weighted by Crippen LogP contribution is -2.21. The predicted octanol–water partition coefficient (Wildman–Crippen LogP) is 1.59. The summed E-state index contributed by atoms with van der Waals surface area (Å²) in [5, 5.41) is 3.30. The Morgan fingerprint density at radius 2 is 2.20 bits per heavy atom. The number of nitrogens with zero attached hydrogens (tertiary/aromatic N) is 2. The van der Waals surface area contributed by atoms with Gasteiger partial charge in [-0.2, -0.15) is 0 Å². The zero-order chi connectivity index (χ0) is 11.3. The lowest BCUT2D eigenvalue weighted by molar-refractivity contribution is 0.190. The van der Waals surface area contributed by atoms with E-state index in [0.29, 0.717) is 12.6 Å². The van der Waals surface area contributed by atoms with Crippen LogP contribution < -0.4 is 10.2 Å². The van der Waals surface area contributed by atoms with Crippen molar-refractivity contribution in [2.24, 2.45) is 0 Å². The molecule has 0 fully saturated rings. The van der Waals surface area contributed by atoms with Crippen LogP contribution in [-0.2, 0) is 4.74 Å². The Morgan fingerprint density at radius 1 is 1.47 bits per heavy atom. The van der Waals surface area contributed by atoms with Gasteiger partial charge in [0.15, 0.2) is 0 Å². The smallest absolute Gasteiger partial charge is 0.128 e. The Hall–Kier alpha value is -1.29. The van der Waals surface area contributed by atoms with Crippen molar-refractivity contribution in [3.63, 3.8) is 0 Å². The van der Waals surface area contributed by atoms with Crippen molar-refractivity contribution in [1.82, 2.24) is 4.98 Å². The third kappa shape index (κ3) is 3.75. The van der Waals surface area contributed by atoms with Crippen molar-refractivity contribution < 1.29 is 4.74 Å². The Morgan fingerprint density at radius 3 is 2.67 bits per heavy atom. The number of hydrogen-bond donors (Lipinski definition) is 1. The summed E-state index contributed by atoms with van der Waals surface area (Å²) in [6, 6.07) is 4.30. The van der Waals surface area contributed by atoms with E-state index < -0.39 is 0 Å². The number of hydrogen-bond acceptors (Lipinski definition) is 4. The van der Waals surface area contributed by atoms with Crippen molar-refractivity contribution in [1.29, 1.82) is 0 Å². The lowest BCUT2D eigenvalue weighted by atomic mass is 10.3. The Balaban J connectivity index is 2.56. The van der Waals surface area contributed by atoms with Crippen molar-refractivity contribution in [3.05, 3.63) is 18.3 Å². The fraction of sp³-hybridized carbons (Fsp3) is 0.545. The van der Waals surface area contributed by atoms with Crippen LogP contribution in [0.3, 0.4) is 0 Å². The maximum atomic E-state index is 5.05. The number of anilines is 2. The van der Waals surface area contributed by atoms with Crippen LogP contribution >= 0.6 is 0 Å². The normalized spacial score (nSPS) is 12.3. The van der Waals surface area contributed by atoms with E-state index in [1.807, 2.05) is 37.3 Å². The summed E-state index contributed by atoms with van der Waals surface area (Å²) in [6.07, 6.45) is 1.83. The van der Waals surface area contributed by atoms with Crippen LogP contribution in [0.2, 0.25) is 0 Å². The minimum Gasteiger partial charge on any atom is -0.383 e. The van der Waals surface area contributed by atoms with Crippen molar-refractivity contribution in [2.75, 3.05) is 38.0 Å². The highest BCUT2D eigenvalue weighted by Gasteiger charge is 2.02. The number of pyridine rings is 1. The third-order valence-corrected chi connectivity index (χ3v) is 2.04. The molecule has 0 saturated heterocycles. The predicted molar refractivity (Wildman–Crippen MR) is 63.5 cm³/mol. The third-order valence-electron chi connectivity index (χ3n) is 2.04. The molecule has 4 heteroatoms. The molecule has 0 aromatic carbocycles. The molecule has 0 aliphatic carbocycles. The summed E-state index contributed by atoms with van der Waals surface area (Å²) >= 11 is 0. The molecular weight excluding hydrogens is 190 g/mol. The molecule has 0 bridgehead atoms. The molecule has 1 N–H and O–H groups in total. The standard InChI is InChI=1S/C11H19N3O/c1-9(8-15-4)13-10-5-6-11(12-7-10)14(2)3/h5-7,9,13H,8H2,1-4H3. The van der Waals surface area contributed by atoms with Gasteiger partial charge in [-0.25, -0.2) is 4.98 Å². The number of rotatable bonds is 5. The van der Waals surface area contributed by atoms with Crippen molar-refractivity contribution in [3.8, 4) is 0 Å². The Kier molecular flexibility index (Phi) is 4.37. The monoisotopic (exact) mass is 209 g/mol. The quantitative estimate of drug-likeness (QED) is 0.799. The Labute approximate surface area is 91.3 Å². The highest BCUT2D eigenvalue weighted by molar-refractivity contribution is 5.48. The zero-order valence-electron chi connectivity index (χ0n) is 9.82. The molecule has 1 aromatic heterocycles. The van der Waals surface area contributed by atoms with Crippen molar-refractivity contribution in [2.45, 2.75) is 13.0 Å². The first kappa shape index (κ1) is 11.8. The molecule has 1 atom stereocenters. The maximum absolute atomic E-state index is 5.05. The Bertz CT molecular complexity index is 284. The van der Waals surface area contributed by atoms with Gasteiger partial charge in [0.2, 0.25) is 0 Å². The van der Waals surface area contributed by atoms with Crippen LogP contribution in [0, 0.1) is 0 Å². The SMILES string of the molecule is COCC(C)Nc1ccc(N(C)C)nc1. The van der Waals surface area contributed by atoms with Gasteiger partial charge in [0, 0.05) is 27.2 Å². The van der Waals surface area contributed by atoms with E-state index in [-0.39, 0.29) is 0 Å². The van der Waals surface area contributed by atoms with E-state index in [9.17, 15) is 0 Å². The fourth-order valence-corrected chi connectivity index (χ4v) is 1.31. The van der Waals surface area contributed by atoms with Gasteiger partial charge in [-0.05, 0) is 19.1 Å². The fourth-order valence-electron chi connectivity index (χ4n) is 1.31. The molecule has 0 spiro atoms. The van der Waals surface area contributed by atoms with E-state index in [0.717, 1.165) is 11.5 Å². The molecule has 0 saturated carbocycles. The first-order valence-corrected chi connectivity index (χ1v) is 5.02. The molecule has 15 heavy (non-hydrogen) atoms. The first-order chi connectivity index (χ1) is 7.13. The number of nitrogens with one attached hydrogen (secondary N) is 1. The molecule has 84 valence electrons. The summed E-state index contributed by atoms with van der Waals surface area (Å²) in [5.74, 6) is 0.958. The number of methoxy groups -OCH3 is 1. The average molecular weight is 209 g/mol. The van der Waals surface area contributed by atoms with E-state index in [4.69, 9.17) is 4.74 Å². The molecule has 0 aliphatic heterocycles. The summed E-state index contributed by atoms with van der Waals surface area (Å²) in [5.41, 5.74) is 1.02. The van der Waals surface area contributed by atoms with Gasteiger partial charge >= 0.3 is 0 Å². The molecule has 1 rings (SSSR count). The van der Waals surface area contributed by atoms with Gasteiger partial charge < -0.3 is 15.0 Å². The first-order valence-electron chi connectivity index (χ1n) is 5.02. The summed E-state index contributed by atoms with van der Waals surface area (Å²) < 4.78 is 5.05. The van der Waals surface area contributed by atoms with Gasteiger partial charge in [-0.3, -0.25) is 0 Å². The number of aromatic nitrogens is 1. The maximum Gasteiger partial charge on any atom is 0.128 e. The topological polar surface area (TPSA) is 37.4 Å². The summed E-state index contributed by atoms with van der Waals surface area (Å²) in [6.45, 7) is 2.76.